The van der Waals surface area contributed by atoms with E-state index in [9.17, 15) is 4.79 Å². The van der Waals surface area contributed by atoms with Gasteiger partial charge >= 0.3 is 0 Å². The van der Waals surface area contributed by atoms with Gasteiger partial charge in [0.15, 0.2) is 0 Å². The number of amides is 1. The van der Waals surface area contributed by atoms with E-state index in [1.807, 2.05) is 13.0 Å². The lowest BCUT2D eigenvalue weighted by molar-refractivity contribution is -0.119. The number of pyridine rings is 1. The summed E-state index contributed by atoms with van der Waals surface area (Å²) in [6.07, 6.45) is 1.67. The molecule has 15 heavy (non-hydrogen) atoms. The molecule has 0 unspecified atom stereocenters. The van der Waals surface area contributed by atoms with Crippen molar-refractivity contribution in [1.82, 2.24) is 10.3 Å². The summed E-state index contributed by atoms with van der Waals surface area (Å²) in [6, 6.07) is 1.87. The number of halogens is 2. The Kier molecular flexibility index (Phi) is 5.04. The smallest absolute Gasteiger partial charge is 0.239 e. The van der Waals surface area contributed by atoms with Crippen LogP contribution >= 0.6 is 31.9 Å². The van der Waals surface area contributed by atoms with E-state index in [1.54, 1.807) is 6.20 Å². The maximum atomic E-state index is 11.2. The summed E-state index contributed by atoms with van der Waals surface area (Å²) in [5.74, 6) is 0.610. The molecule has 0 fully saturated rings. The molecule has 0 aromatic carbocycles. The Morgan fingerprint density at radius 1 is 1.53 bits per heavy atom. The summed E-state index contributed by atoms with van der Waals surface area (Å²) in [4.78, 5) is 15.3. The number of carbonyl (C=O) groups excluding carboxylic acids is 1. The van der Waals surface area contributed by atoms with Gasteiger partial charge in [-0.2, -0.15) is 0 Å². The van der Waals surface area contributed by atoms with Crippen LogP contribution in [0.4, 0.5) is 5.82 Å². The van der Waals surface area contributed by atoms with E-state index in [4.69, 9.17) is 0 Å². The van der Waals surface area contributed by atoms with Crippen LogP contribution in [-0.4, -0.2) is 24.0 Å². The van der Waals surface area contributed by atoms with Crippen molar-refractivity contribution >= 4 is 43.6 Å². The maximum Gasteiger partial charge on any atom is 0.239 e. The predicted molar refractivity (Wildman–Crippen MR) is 66.8 cm³/mol. The number of rotatable bonds is 4. The van der Waals surface area contributed by atoms with Gasteiger partial charge in [-0.1, -0.05) is 0 Å². The average molecular weight is 337 g/mol. The number of hydrogen-bond acceptors (Lipinski definition) is 3. The van der Waals surface area contributed by atoms with Crippen LogP contribution in [-0.2, 0) is 4.79 Å². The van der Waals surface area contributed by atoms with Gasteiger partial charge in [-0.25, -0.2) is 4.98 Å². The van der Waals surface area contributed by atoms with Crippen LogP contribution in [0.1, 0.15) is 6.92 Å². The monoisotopic (exact) mass is 335 g/mol. The Morgan fingerprint density at radius 2 is 2.27 bits per heavy atom. The Bertz CT molecular complexity index is 357. The van der Waals surface area contributed by atoms with E-state index in [-0.39, 0.29) is 12.5 Å². The summed E-state index contributed by atoms with van der Waals surface area (Å²) in [7, 11) is 0. The Morgan fingerprint density at radius 3 is 2.87 bits per heavy atom. The molecule has 0 spiro atoms. The fourth-order valence-electron chi connectivity index (χ4n) is 0.968. The first-order valence-corrected chi connectivity index (χ1v) is 6.03. The zero-order valence-electron chi connectivity index (χ0n) is 8.18. The molecule has 2 N–H and O–H groups in total. The third kappa shape index (κ3) is 4.17. The van der Waals surface area contributed by atoms with Gasteiger partial charge in [0.2, 0.25) is 5.91 Å². The summed E-state index contributed by atoms with van der Waals surface area (Å²) in [5.41, 5.74) is 0. The largest absolute Gasteiger partial charge is 0.360 e. The minimum atomic E-state index is -0.0471. The van der Waals surface area contributed by atoms with Crippen LogP contribution in [0, 0.1) is 0 Å². The third-order valence-electron chi connectivity index (χ3n) is 1.60. The van der Waals surface area contributed by atoms with Crippen LogP contribution < -0.4 is 10.6 Å². The fourth-order valence-corrected chi connectivity index (χ4v) is 2.10. The fraction of sp³-hybridized carbons (Fsp3) is 0.333. The van der Waals surface area contributed by atoms with Crippen molar-refractivity contribution in [2.45, 2.75) is 6.92 Å². The Hall–Kier alpha value is -0.620. The highest BCUT2D eigenvalue weighted by atomic mass is 79.9. The topological polar surface area (TPSA) is 54.0 Å². The zero-order chi connectivity index (χ0) is 11.3. The number of nitrogens with one attached hydrogen (secondary N) is 2. The first-order chi connectivity index (χ1) is 7.13. The van der Waals surface area contributed by atoms with Crippen molar-refractivity contribution < 1.29 is 4.79 Å². The first kappa shape index (κ1) is 12.4. The minimum Gasteiger partial charge on any atom is -0.360 e. The molecule has 1 aromatic rings. The van der Waals surface area contributed by atoms with E-state index in [0.29, 0.717) is 12.4 Å². The number of anilines is 1. The summed E-state index contributed by atoms with van der Waals surface area (Å²) in [5, 5.41) is 5.63. The molecule has 1 amide bonds. The highest BCUT2D eigenvalue weighted by Gasteiger charge is 2.04. The first-order valence-electron chi connectivity index (χ1n) is 4.45. The van der Waals surface area contributed by atoms with Crippen molar-refractivity contribution in [3.63, 3.8) is 0 Å². The lowest BCUT2D eigenvalue weighted by Gasteiger charge is -2.07. The van der Waals surface area contributed by atoms with Crippen molar-refractivity contribution in [3.05, 3.63) is 21.2 Å². The molecule has 0 aliphatic heterocycles. The minimum absolute atomic E-state index is 0.0471. The molecule has 6 heteroatoms. The number of nitrogens with zero attached hydrogens (tertiary/aromatic N) is 1. The van der Waals surface area contributed by atoms with Gasteiger partial charge in [0.25, 0.3) is 0 Å². The van der Waals surface area contributed by atoms with Crippen molar-refractivity contribution in [3.8, 4) is 0 Å². The predicted octanol–water partition coefficient (Wildman–Crippen LogP) is 2.15. The second-order valence-electron chi connectivity index (χ2n) is 2.79. The van der Waals surface area contributed by atoms with E-state index in [0.717, 1.165) is 8.95 Å². The highest BCUT2D eigenvalue weighted by molar-refractivity contribution is 9.11. The van der Waals surface area contributed by atoms with E-state index in [2.05, 4.69) is 47.5 Å². The molecule has 1 heterocycles. The van der Waals surface area contributed by atoms with Crippen molar-refractivity contribution in [2.75, 3.05) is 18.4 Å². The van der Waals surface area contributed by atoms with E-state index >= 15 is 0 Å². The van der Waals surface area contributed by atoms with Gasteiger partial charge in [0.05, 0.1) is 11.0 Å². The van der Waals surface area contributed by atoms with Crippen LogP contribution in [0.25, 0.3) is 0 Å². The van der Waals surface area contributed by atoms with Crippen LogP contribution in [0.2, 0.25) is 0 Å². The van der Waals surface area contributed by atoms with Crippen LogP contribution in [0.5, 0.6) is 0 Å². The van der Waals surface area contributed by atoms with E-state index in [1.165, 1.54) is 0 Å². The molecule has 0 aliphatic carbocycles. The van der Waals surface area contributed by atoms with Crippen LogP contribution in [0.15, 0.2) is 21.2 Å². The standard InChI is InChI=1S/C9H11Br2N3O/c1-2-12-8(15)5-14-9-7(11)3-6(10)4-13-9/h3-4H,2,5H2,1H3,(H,12,15)(H,13,14). The lowest BCUT2D eigenvalue weighted by atomic mass is 10.4. The SMILES string of the molecule is CCNC(=O)CNc1ncc(Br)cc1Br. The Balaban J connectivity index is 2.54. The van der Waals surface area contributed by atoms with Gasteiger partial charge in [0, 0.05) is 17.2 Å². The van der Waals surface area contributed by atoms with Gasteiger partial charge in [0.1, 0.15) is 5.82 Å². The molecule has 1 rings (SSSR count). The second kappa shape index (κ2) is 6.07. The summed E-state index contributed by atoms with van der Waals surface area (Å²) in [6.45, 7) is 2.74. The van der Waals surface area contributed by atoms with Gasteiger partial charge < -0.3 is 10.6 Å². The number of hydrogen-bond donors (Lipinski definition) is 2. The molecule has 0 bridgehead atoms. The number of likely N-dealkylation sites (N-methyl/N-ethyl adjacent to an activating group) is 1. The lowest BCUT2D eigenvalue weighted by Crippen LogP contribution is -2.29. The molecule has 1 aromatic heterocycles. The molecular formula is C9H11Br2N3O. The third-order valence-corrected chi connectivity index (χ3v) is 2.64. The van der Waals surface area contributed by atoms with Crippen LogP contribution in [0.3, 0.4) is 0 Å². The highest BCUT2D eigenvalue weighted by Crippen LogP contribution is 2.22. The summed E-state index contributed by atoms with van der Waals surface area (Å²) >= 11 is 6.65. The molecule has 4 nitrogen and oxygen atoms in total. The summed E-state index contributed by atoms with van der Waals surface area (Å²) < 4.78 is 1.71. The van der Waals surface area contributed by atoms with E-state index < -0.39 is 0 Å². The van der Waals surface area contributed by atoms with Crippen molar-refractivity contribution in [2.24, 2.45) is 0 Å². The van der Waals surface area contributed by atoms with Gasteiger partial charge in [-0.15, -0.1) is 0 Å². The molecule has 0 saturated heterocycles. The molecule has 0 atom stereocenters. The van der Waals surface area contributed by atoms with Crippen molar-refractivity contribution in [1.29, 1.82) is 0 Å². The Labute approximate surface area is 105 Å². The van der Waals surface area contributed by atoms with Gasteiger partial charge in [-0.3, -0.25) is 4.79 Å². The number of aromatic nitrogens is 1. The zero-order valence-corrected chi connectivity index (χ0v) is 11.4. The average Bonchev–Trinajstić information content (AvgIpc) is 2.17. The normalized spacial score (nSPS) is 9.80. The molecule has 0 aliphatic rings. The quantitative estimate of drug-likeness (QED) is 0.885. The molecule has 0 saturated carbocycles. The maximum absolute atomic E-state index is 11.2. The molecular weight excluding hydrogens is 326 g/mol. The number of carbonyl (C=O) groups is 1. The van der Waals surface area contributed by atoms with Gasteiger partial charge in [-0.05, 0) is 44.8 Å². The molecule has 0 radical (unpaired) electrons. The molecule has 82 valence electrons. The second-order valence-corrected chi connectivity index (χ2v) is 4.56.